The van der Waals surface area contributed by atoms with E-state index in [0.717, 1.165) is 0 Å². The lowest BCUT2D eigenvalue weighted by Gasteiger charge is -2.38. The molecule has 2 aliphatic rings. The Hall–Kier alpha value is -1.30. The second-order valence-corrected chi connectivity index (χ2v) is 7.46. The number of hydrogen-bond donors (Lipinski definition) is 0. The van der Waals surface area contributed by atoms with Crippen LogP contribution < -0.4 is 0 Å². The number of esters is 2. The Bertz CT molecular complexity index is 483. The van der Waals surface area contributed by atoms with Crippen LogP contribution in [-0.2, 0) is 47.5 Å². The van der Waals surface area contributed by atoms with Crippen LogP contribution in [0.4, 0.5) is 0 Å². The Balaban J connectivity index is 2.02. The minimum atomic E-state index is -0.639. The van der Waals surface area contributed by atoms with Crippen molar-refractivity contribution in [2.24, 2.45) is 11.8 Å². The van der Waals surface area contributed by atoms with Gasteiger partial charge in [-0.1, -0.05) is 0 Å². The molecule has 0 radical (unpaired) electrons. The first-order valence-corrected chi connectivity index (χ1v) is 11.5. The highest BCUT2D eigenvalue weighted by Gasteiger charge is 2.46. The molecule has 1 aliphatic carbocycles. The fourth-order valence-corrected chi connectivity index (χ4v) is 3.78. The Morgan fingerprint density at radius 1 is 0.594 bits per heavy atom. The van der Waals surface area contributed by atoms with E-state index in [1.807, 2.05) is 0 Å². The first kappa shape index (κ1) is 26.9. The molecular formula is C22H38O10. The van der Waals surface area contributed by atoms with Gasteiger partial charge < -0.3 is 37.9 Å². The molecular weight excluding hydrogens is 424 g/mol. The van der Waals surface area contributed by atoms with E-state index in [-0.39, 0.29) is 25.4 Å². The van der Waals surface area contributed by atoms with Crippen molar-refractivity contribution in [3.8, 4) is 0 Å². The fourth-order valence-electron chi connectivity index (χ4n) is 3.78. The number of rotatable bonds is 4. The van der Waals surface area contributed by atoms with Crippen LogP contribution in [0.5, 0.6) is 0 Å². The third-order valence-electron chi connectivity index (χ3n) is 5.29. The molecule has 32 heavy (non-hydrogen) atoms. The van der Waals surface area contributed by atoms with Gasteiger partial charge in [0.1, 0.15) is 0 Å². The predicted molar refractivity (Wildman–Crippen MR) is 112 cm³/mol. The van der Waals surface area contributed by atoms with E-state index in [9.17, 15) is 9.59 Å². The van der Waals surface area contributed by atoms with Gasteiger partial charge in [-0.25, -0.2) is 0 Å². The maximum absolute atomic E-state index is 12.6. The molecule has 0 amide bonds. The van der Waals surface area contributed by atoms with Crippen molar-refractivity contribution in [1.29, 1.82) is 0 Å². The molecule has 1 aliphatic heterocycles. The monoisotopic (exact) mass is 462 g/mol. The number of carbonyl (C=O) groups is 2. The van der Waals surface area contributed by atoms with Gasteiger partial charge in [-0.2, -0.15) is 0 Å². The van der Waals surface area contributed by atoms with Crippen molar-refractivity contribution in [3.05, 3.63) is 0 Å². The van der Waals surface area contributed by atoms with Gasteiger partial charge in [-0.3, -0.25) is 9.59 Å². The number of ether oxygens (including phenoxy) is 8. The largest absolute Gasteiger partial charge is 0.466 e. The van der Waals surface area contributed by atoms with E-state index in [1.54, 1.807) is 13.8 Å². The van der Waals surface area contributed by atoms with E-state index in [4.69, 9.17) is 37.9 Å². The summed E-state index contributed by atoms with van der Waals surface area (Å²) in [5.41, 5.74) is 0. The third-order valence-corrected chi connectivity index (χ3v) is 5.29. The van der Waals surface area contributed by atoms with Crippen molar-refractivity contribution < 1.29 is 47.5 Å². The van der Waals surface area contributed by atoms with Gasteiger partial charge in [0, 0.05) is 0 Å². The van der Waals surface area contributed by atoms with Crippen LogP contribution >= 0.6 is 0 Å². The summed E-state index contributed by atoms with van der Waals surface area (Å²) in [7, 11) is 0. The van der Waals surface area contributed by atoms with Gasteiger partial charge in [0.15, 0.2) is 0 Å². The molecule has 4 atom stereocenters. The molecule has 186 valence electrons. The highest BCUT2D eigenvalue weighted by Crippen LogP contribution is 2.35. The highest BCUT2D eigenvalue weighted by molar-refractivity contribution is 5.82. The molecule has 10 nitrogen and oxygen atoms in total. The summed E-state index contributed by atoms with van der Waals surface area (Å²) in [4.78, 5) is 25.2. The maximum atomic E-state index is 12.6. The van der Waals surface area contributed by atoms with Crippen molar-refractivity contribution in [1.82, 2.24) is 0 Å². The molecule has 2 rings (SSSR count). The Labute approximate surface area is 190 Å². The van der Waals surface area contributed by atoms with Gasteiger partial charge in [0.2, 0.25) is 0 Å². The zero-order valence-corrected chi connectivity index (χ0v) is 19.3. The minimum Gasteiger partial charge on any atom is -0.466 e. The molecule has 0 aromatic carbocycles. The molecule has 2 fully saturated rings. The van der Waals surface area contributed by atoms with E-state index < -0.39 is 23.8 Å². The first-order chi connectivity index (χ1) is 15.7. The van der Waals surface area contributed by atoms with Crippen molar-refractivity contribution in [3.63, 3.8) is 0 Å². The van der Waals surface area contributed by atoms with Crippen molar-refractivity contribution in [2.75, 3.05) is 79.3 Å². The molecule has 0 N–H and O–H groups in total. The molecule has 0 bridgehead atoms. The van der Waals surface area contributed by atoms with E-state index in [0.29, 0.717) is 78.9 Å². The lowest BCUT2D eigenvalue weighted by Crippen LogP contribution is -2.48. The fraction of sp³-hybridized carbons (Fsp3) is 0.909. The maximum Gasteiger partial charge on any atom is 0.309 e. The molecule has 0 unspecified atom stereocenters. The van der Waals surface area contributed by atoms with Gasteiger partial charge in [-0.15, -0.1) is 0 Å². The number of carbonyl (C=O) groups excluding carboxylic acids is 2. The summed E-state index contributed by atoms with van der Waals surface area (Å²) in [6.07, 6.45) is -0.135. The van der Waals surface area contributed by atoms with Gasteiger partial charge in [0.25, 0.3) is 0 Å². The highest BCUT2D eigenvalue weighted by atomic mass is 16.6. The molecule has 10 heteroatoms. The second kappa shape index (κ2) is 16.3. The molecule has 1 heterocycles. The standard InChI is InChI=1S/C22H38O10/c1-3-29-21(23)17-15-19-20(16-18(17)22(24)30-4-2)32-14-12-28-10-8-26-6-5-25-7-9-27-11-13-31-19/h17-20H,3-16H2,1-2H3/t17-,18-,19-,20-/m1/s1. The first-order valence-electron chi connectivity index (χ1n) is 11.5. The zero-order valence-electron chi connectivity index (χ0n) is 19.3. The summed E-state index contributed by atoms with van der Waals surface area (Å²) < 4.78 is 44.5. The molecule has 0 spiro atoms. The predicted octanol–water partition coefficient (Wildman–Crippen LogP) is 0.989. The van der Waals surface area contributed by atoms with E-state index >= 15 is 0 Å². The van der Waals surface area contributed by atoms with Crippen LogP contribution in [0.1, 0.15) is 26.7 Å². The molecule has 1 saturated carbocycles. The Morgan fingerprint density at radius 2 is 0.906 bits per heavy atom. The van der Waals surface area contributed by atoms with Crippen LogP contribution in [-0.4, -0.2) is 103 Å². The lowest BCUT2D eigenvalue weighted by atomic mass is 9.76. The van der Waals surface area contributed by atoms with Crippen LogP contribution in [0, 0.1) is 11.8 Å². The van der Waals surface area contributed by atoms with Gasteiger partial charge in [-0.05, 0) is 26.7 Å². The van der Waals surface area contributed by atoms with Gasteiger partial charge >= 0.3 is 11.9 Å². The third kappa shape index (κ3) is 9.68. The van der Waals surface area contributed by atoms with Crippen LogP contribution in [0.3, 0.4) is 0 Å². The summed E-state index contributed by atoms with van der Waals surface area (Å²) >= 11 is 0. The average molecular weight is 463 g/mol. The lowest BCUT2D eigenvalue weighted by molar-refractivity contribution is -0.177. The quantitative estimate of drug-likeness (QED) is 0.561. The van der Waals surface area contributed by atoms with E-state index in [2.05, 4.69) is 0 Å². The molecule has 0 aromatic heterocycles. The average Bonchev–Trinajstić information content (AvgIpc) is 2.78. The van der Waals surface area contributed by atoms with Crippen LogP contribution in [0.25, 0.3) is 0 Å². The topological polar surface area (TPSA) is 108 Å². The number of fused-ring (bicyclic) bond motifs is 1. The normalized spacial score (nSPS) is 29.7. The van der Waals surface area contributed by atoms with Gasteiger partial charge in [0.05, 0.1) is 103 Å². The summed E-state index contributed by atoms with van der Waals surface area (Å²) in [6, 6.07) is 0. The second-order valence-electron chi connectivity index (χ2n) is 7.46. The molecule has 1 saturated heterocycles. The Kier molecular flexibility index (Phi) is 13.8. The van der Waals surface area contributed by atoms with Crippen molar-refractivity contribution >= 4 is 11.9 Å². The van der Waals surface area contributed by atoms with Crippen LogP contribution in [0.15, 0.2) is 0 Å². The SMILES string of the molecule is CCOC(=O)[C@@H]1C[C@H]2OCCOCCOCCOCCOCCO[C@@H]2C[C@H]1C(=O)OCC. The number of hydrogen-bond acceptors (Lipinski definition) is 10. The molecule has 0 aromatic rings. The minimum absolute atomic E-state index is 0.243. The summed E-state index contributed by atoms with van der Waals surface area (Å²) in [6.45, 7) is 8.27. The van der Waals surface area contributed by atoms with Crippen molar-refractivity contribution in [2.45, 2.75) is 38.9 Å². The Morgan fingerprint density at radius 3 is 1.22 bits per heavy atom. The summed E-state index contributed by atoms with van der Waals surface area (Å²) in [5.74, 6) is -2.11. The van der Waals surface area contributed by atoms with E-state index in [1.165, 1.54) is 0 Å². The van der Waals surface area contributed by atoms with Crippen LogP contribution in [0.2, 0.25) is 0 Å². The zero-order chi connectivity index (χ0) is 23.0. The summed E-state index contributed by atoms with van der Waals surface area (Å²) in [5, 5.41) is 0. The smallest absolute Gasteiger partial charge is 0.309 e.